The molecule has 2 rings (SSSR count). The molecule has 0 saturated carbocycles. The van der Waals surface area contributed by atoms with Crippen molar-refractivity contribution in [1.82, 2.24) is 5.32 Å². The molecule has 0 spiro atoms. The van der Waals surface area contributed by atoms with Gasteiger partial charge in [-0.25, -0.2) is 13.6 Å². The molecule has 2 aromatic rings. The molecule has 0 unspecified atom stereocenters. The Kier molecular flexibility index (Phi) is 5.27. The summed E-state index contributed by atoms with van der Waals surface area (Å²) in [5.41, 5.74) is -2.51. The maximum absolute atomic E-state index is 13.4. The molecule has 4 nitrogen and oxygen atoms in total. The summed E-state index contributed by atoms with van der Waals surface area (Å²) in [5.74, 6) is -3.79. The summed E-state index contributed by atoms with van der Waals surface area (Å²) in [7, 11) is 0. The summed E-state index contributed by atoms with van der Waals surface area (Å²) in [6.45, 7) is 0. The molecule has 25 heavy (non-hydrogen) atoms. The van der Waals surface area contributed by atoms with Crippen LogP contribution < -0.4 is 10.6 Å². The van der Waals surface area contributed by atoms with Crippen molar-refractivity contribution in [3.63, 3.8) is 0 Å². The molecule has 0 fully saturated rings. The molecule has 10 heteroatoms. The Morgan fingerprint density at radius 3 is 2.16 bits per heavy atom. The van der Waals surface area contributed by atoms with E-state index in [-0.39, 0.29) is 5.69 Å². The SMILES string of the molecule is O=C(NC(=O)c1c(F)cccc1F)Nc1ccc(Cl)c(C(F)(F)F)c1. The fraction of sp³-hybridized carbons (Fsp3) is 0.0667. The molecule has 2 N–H and O–H groups in total. The average Bonchev–Trinajstić information content (AvgIpc) is 2.47. The molecule has 0 heterocycles. The molecule has 0 bridgehead atoms. The van der Waals surface area contributed by atoms with E-state index >= 15 is 0 Å². The standard InChI is InChI=1S/C15H8ClF5N2O2/c16-9-5-4-7(6-8(9)15(19,20)21)22-14(25)23-13(24)12-10(17)2-1-3-11(12)18/h1-6H,(H2,22,23,24,25). The Bertz CT molecular complexity index is 819. The second-order valence-corrected chi connectivity index (χ2v) is 5.10. The van der Waals surface area contributed by atoms with Gasteiger partial charge in [0.25, 0.3) is 5.91 Å². The smallest absolute Gasteiger partial charge is 0.308 e. The highest BCUT2D eigenvalue weighted by Gasteiger charge is 2.33. The number of amides is 3. The number of alkyl halides is 3. The highest BCUT2D eigenvalue weighted by molar-refractivity contribution is 6.31. The number of carbonyl (C=O) groups is 2. The van der Waals surface area contributed by atoms with Gasteiger partial charge >= 0.3 is 12.2 Å². The second kappa shape index (κ2) is 7.06. The highest BCUT2D eigenvalue weighted by atomic mass is 35.5. The lowest BCUT2D eigenvalue weighted by Gasteiger charge is -2.12. The zero-order chi connectivity index (χ0) is 18.8. The molecule has 0 aromatic heterocycles. The van der Waals surface area contributed by atoms with Crippen LogP contribution >= 0.6 is 11.6 Å². The van der Waals surface area contributed by atoms with Crippen LogP contribution in [0.25, 0.3) is 0 Å². The first-order chi connectivity index (χ1) is 11.6. The fourth-order valence-electron chi connectivity index (χ4n) is 1.86. The molecule has 132 valence electrons. The Morgan fingerprint density at radius 1 is 1.00 bits per heavy atom. The normalized spacial score (nSPS) is 11.1. The number of anilines is 1. The third-order valence-corrected chi connectivity index (χ3v) is 3.28. The van der Waals surface area contributed by atoms with E-state index < -0.39 is 45.9 Å². The number of benzene rings is 2. The van der Waals surface area contributed by atoms with E-state index in [1.54, 1.807) is 5.32 Å². The lowest BCUT2D eigenvalue weighted by molar-refractivity contribution is -0.137. The quantitative estimate of drug-likeness (QED) is 0.750. The summed E-state index contributed by atoms with van der Waals surface area (Å²) >= 11 is 5.43. The first-order valence-corrected chi connectivity index (χ1v) is 6.90. The van der Waals surface area contributed by atoms with Gasteiger partial charge in [0.2, 0.25) is 0 Å². The van der Waals surface area contributed by atoms with Crippen molar-refractivity contribution >= 4 is 29.2 Å². The Morgan fingerprint density at radius 2 is 1.60 bits per heavy atom. The molecule has 0 saturated heterocycles. The average molecular weight is 379 g/mol. The number of hydrogen-bond acceptors (Lipinski definition) is 2. The monoisotopic (exact) mass is 378 g/mol. The number of carbonyl (C=O) groups excluding carboxylic acids is 2. The number of urea groups is 1. The van der Waals surface area contributed by atoms with Gasteiger partial charge < -0.3 is 5.32 Å². The maximum atomic E-state index is 13.4. The third kappa shape index (κ3) is 4.44. The minimum atomic E-state index is -4.75. The summed E-state index contributed by atoms with van der Waals surface area (Å²) in [4.78, 5) is 23.4. The van der Waals surface area contributed by atoms with E-state index in [9.17, 15) is 31.5 Å². The largest absolute Gasteiger partial charge is 0.417 e. The summed E-state index contributed by atoms with van der Waals surface area (Å²) in [5, 5.41) is 2.98. The van der Waals surface area contributed by atoms with Gasteiger partial charge in [-0.2, -0.15) is 13.2 Å². The van der Waals surface area contributed by atoms with Crippen LogP contribution in [0.4, 0.5) is 32.4 Å². The van der Waals surface area contributed by atoms with Gasteiger partial charge in [0.1, 0.15) is 17.2 Å². The molecular weight excluding hydrogens is 371 g/mol. The van der Waals surface area contributed by atoms with Crippen LogP contribution in [0.2, 0.25) is 5.02 Å². The predicted octanol–water partition coefficient (Wildman–Crippen LogP) is 4.60. The molecule has 0 atom stereocenters. The van der Waals surface area contributed by atoms with Crippen LogP contribution in [-0.2, 0) is 6.18 Å². The van der Waals surface area contributed by atoms with Crippen LogP contribution in [0.1, 0.15) is 15.9 Å². The molecule has 0 radical (unpaired) electrons. The molecule has 2 aromatic carbocycles. The van der Waals surface area contributed by atoms with Crippen LogP contribution in [0, 0.1) is 11.6 Å². The van der Waals surface area contributed by atoms with Crippen molar-refractivity contribution in [2.45, 2.75) is 6.18 Å². The van der Waals surface area contributed by atoms with Gasteiger partial charge in [-0.05, 0) is 30.3 Å². The minimum absolute atomic E-state index is 0.323. The van der Waals surface area contributed by atoms with Gasteiger partial charge in [-0.15, -0.1) is 0 Å². The zero-order valence-electron chi connectivity index (χ0n) is 12.0. The van der Waals surface area contributed by atoms with E-state index in [4.69, 9.17) is 11.6 Å². The van der Waals surface area contributed by atoms with Crippen LogP contribution in [-0.4, -0.2) is 11.9 Å². The lowest BCUT2D eigenvalue weighted by atomic mass is 10.2. The minimum Gasteiger partial charge on any atom is -0.308 e. The summed E-state index contributed by atoms with van der Waals surface area (Å²) in [6.07, 6.45) is -4.75. The Balaban J connectivity index is 2.14. The summed E-state index contributed by atoms with van der Waals surface area (Å²) in [6, 6.07) is 3.88. The van der Waals surface area contributed by atoms with Crippen molar-refractivity contribution in [3.05, 3.63) is 64.2 Å². The first-order valence-electron chi connectivity index (χ1n) is 6.52. The predicted molar refractivity (Wildman–Crippen MR) is 79.3 cm³/mol. The van der Waals surface area contributed by atoms with Crippen molar-refractivity contribution < 1.29 is 31.5 Å². The van der Waals surface area contributed by atoms with Gasteiger partial charge in [-0.3, -0.25) is 10.1 Å². The van der Waals surface area contributed by atoms with Crippen molar-refractivity contribution in [1.29, 1.82) is 0 Å². The lowest BCUT2D eigenvalue weighted by Crippen LogP contribution is -2.35. The molecule has 0 aliphatic heterocycles. The van der Waals surface area contributed by atoms with E-state index in [0.29, 0.717) is 6.07 Å². The van der Waals surface area contributed by atoms with Gasteiger partial charge in [0.15, 0.2) is 0 Å². The maximum Gasteiger partial charge on any atom is 0.417 e. The molecule has 0 aliphatic rings. The number of imide groups is 1. The van der Waals surface area contributed by atoms with Gasteiger partial charge in [0, 0.05) is 5.69 Å². The fourth-order valence-corrected chi connectivity index (χ4v) is 2.09. The second-order valence-electron chi connectivity index (χ2n) is 4.70. The van der Waals surface area contributed by atoms with Gasteiger partial charge in [0.05, 0.1) is 10.6 Å². The molecule has 0 aliphatic carbocycles. The van der Waals surface area contributed by atoms with Crippen molar-refractivity contribution in [3.8, 4) is 0 Å². The van der Waals surface area contributed by atoms with Crippen molar-refractivity contribution in [2.24, 2.45) is 0 Å². The molecule has 3 amide bonds. The number of nitrogens with one attached hydrogen (secondary N) is 2. The van der Waals surface area contributed by atoms with Crippen LogP contribution in [0.15, 0.2) is 36.4 Å². The highest BCUT2D eigenvalue weighted by Crippen LogP contribution is 2.36. The number of halogens is 6. The van der Waals surface area contributed by atoms with E-state index in [2.05, 4.69) is 0 Å². The van der Waals surface area contributed by atoms with Crippen LogP contribution in [0.5, 0.6) is 0 Å². The topological polar surface area (TPSA) is 58.2 Å². The Labute approximate surface area is 142 Å². The summed E-state index contributed by atoms with van der Waals surface area (Å²) < 4.78 is 65.1. The first kappa shape index (κ1) is 18.7. The van der Waals surface area contributed by atoms with Crippen molar-refractivity contribution in [2.75, 3.05) is 5.32 Å². The van der Waals surface area contributed by atoms with Gasteiger partial charge in [-0.1, -0.05) is 17.7 Å². The number of rotatable bonds is 2. The van der Waals surface area contributed by atoms with Crippen LogP contribution in [0.3, 0.4) is 0 Å². The zero-order valence-corrected chi connectivity index (χ0v) is 12.8. The molecular formula is C15H8ClF5N2O2. The Hall–Kier alpha value is -2.68. The van der Waals surface area contributed by atoms with E-state index in [0.717, 1.165) is 30.3 Å². The third-order valence-electron chi connectivity index (χ3n) is 2.95. The van der Waals surface area contributed by atoms with E-state index in [1.807, 2.05) is 5.32 Å². The number of hydrogen-bond donors (Lipinski definition) is 2. The van der Waals surface area contributed by atoms with E-state index in [1.165, 1.54) is 0 Å².